The number of hydrogen-bond donors (Lipinski definition) is 0. The summed E-state index contributed by atoms with van der Waals surface area (Å²) in [6.45, 7) is 3.65. The van der Waals surface area contributed by atoms with Crippen molar-refractivity contribution in [1.82, 2.24) is 24.7 Å². The number of benzene rings is 1. The van der Waals surface area contributed by atoms with Gasteiger partial charge in [0.15, 0.2) is 5.65 Å². The largest absolute Gasteiger partial charge is 0.370 e. The fraction of sp³-hybridized carbons (Fsp3) is 0.333. The van der Waals surface area contributed by atoms with Gasteiger partial charge in [0.25, 0.3) is 0 Å². The molecule has 1 saturated heterocycles. The molecule has 4 heterocycles. The summed E-state index contributed by atoms with van der Waals surface area (Å²) in [6.07, 6.45) is 6.19. The lowest BCUT2D eigenvalue weighted by Crippen LogP contribution is -2.39. The van der Waals surface area contributed by atoms with Crippen molar-refractivity contribution >= 4 is 28.6 Å². The van der Waals surface area contributed by atoms with E-state index in [-0.39, 0.29) is 6.10 Å². The van der Waals surface area contributed by atoms with Crippen LogP contribution in [0.4, 0.5) is 10.3 Å². The topological polar surface area (TPSA) is 69.0 Å². The van der Waals surface area contributed by atoms with Crippen LogP contribution in [-0.2, 0) is 4.74 Å². The van der Waals surface area contributed by atoms with Crippen molar-refractivity contribution in [3.05, 3.63) is 64.8 Å². The summed E-state index contributed by atoms with van der Waals surface area (Å²) in [5.41, 5.74) is 3.29. The minimum absolute atomic E-state index is 0.133. The van der Waals surface area contributed by atoms with Crippen LogP contribution in [0.1, 0.15) is 36.2 Å². The van der Waals surface area contributed by atoms with E-state index < -0.39 is 5.82 Å². The van der Waals surface area contributed by atoms with Crippen LogP contribution in [0.15, 0.2) is 42.7 Å². The lowest BCUT2D eigenvalue weighted by Gasteiger charge is -2.32. The Labute approximate surface area is 195 Å². The zero-order valence-corrected chi connectivity index (χ0v) is 18.8. The first kappa shape index (κ1) is 20.5. The highest BCUT2D eigenvalue weighted by atomic mass is 35.5. The van der Waals surface area contributed by atoms with Gasteiger partial charge >= 0.3 is 0 Å². The van der Waals surface area contributed by atoms with Crippen molar-refractivity contribution in [1.29, 1.82) is 0 Å². The molecule has 0 radical (unpaired) electrons. The molecule has 2 fully saturated rings. The SMILES string of the molecule is Cc1ccc2c(-c3ccc(Cl)cc3F)nc(N3CCOC(c4cnn(C5CC5)c4)C3)nc2n1. The molecule has 3 aromatic heterocycles. The second-order valence-electron chi connectivity index (χ2n) is 8.61. The van der Waals surface area contributed by atoms with Gasteiger partial charge in [-0.15, -0.1) is 0 Å². The third-order valence-corrected chi connectivity index (χ3v) is 6.37. The Morgan fingerprint density at radius 3 is 2.82 bits per heavy atom. The first-order valence-corrected chi connectivity index (χ1v) is 11.4. The van der Waals surface area contributed by atoms with E-state index in [1.807, 2.05) is 29.9 Å². The number of aryl methyl sites for hydroxylation is 1. The van der Waals surface area contributed by atoms with Crippen LogP contribution in [0.25, 0.3) is 22.3 Å². The Bertz CT molecular complexity index is 1350. The van der Waals surface area contributed by atoms with Crippen molar-refractivity contribution in [2.45, 2.75) is 31.9 Å². The molecule has 1 aliphatic heterocycles. The van der Waals surface area contributed by atoms with Gasteiger partial charge < -0.3 is 9.64 Å². The van der Waals surface area contributed by atoms with Crippen LogP contribution in [0.5, 0.6) is 0 Å². The highest BCUT2D eigenvalue weighted by Crippen LogP contribution is 2.36. The van der Waals surface area contributed by atoms with Crippen LogP contribution in [0, 0.1) is 12.7 Å². The zero-order chi connectivity index (χ0) is 22.5. The maximum atomic E-state index is 14.9. The van der Waals surface area contributed by atoms with Gasteiger partial charge in [0.1, 0.15) is 11.9 Å². The number of nitrogens with zero attached hydrogens (tertiary/aromatic N) is 6. The molecule has 1 unspecified atom stereocenters. The summed E-state index contributed by atoms with van der Waals surface area (Å²) in [4.78, 5) is 16.2. The molecule has 1 aromatic carbocycles. The molecular weight excluding hydrogens is 443 g/mol. The van der Waals surface area contributed by atoms with Crippen molar-refractivity contribution < 1.29 is 9.13 Å². The summed E-state index contributed by atoms with van der Waals surface area (Å²) < 4.78 is 22.9. The highest BCUT2D eigenvalue weighted by molar-refractivity contribution is 6.30. The molecule has 1 atom stereocenters. The first-order chi connectivity index (χ1) is 16.0. The van der Waals surface area contributed by atoms with E-state index in [0.717, 1.165) is 11.3 Å². The standard InChI is InChI=1S/C24H22ClFN6O/c1-14-2-6-19-22(18-7-3-16(25)10-20(18)26)29-24(30-23(19)28-14)31-8-9-33-21(13-31)15-11-27-32(12-15)17-4-5-17/h2-3,6-7,10-12,17,21H,4-5,8-9,13H2,1H3. The van der Waals surface area contributed by atoms with Gasteiger partial charge in [0.05, 0.1) is 31.1 Å². The molecule has 9 heteroatoms. The third-order valence-electron chi connectivity index (χ3n) is 6.14. The average molecular weight is 465 g/mol. The van der Waals surface area contributed by atoms with Gasteiger partial charge in [-0.05, 0) is 50.1 Å². The van der Waals surface area contributed by atoms with Gasteiger partial charge in [0.2, 0.25) is 5.95 Å². The number of pyridine rings is 1. The van der Waals surface area contributed by atoms with Crippen molar-refractivity contribution in [3.63, 3.8) is 0 Å². The van der Waals surface area contributed by atoms with E-state index in [4.69, 9.17) is 26.3 Å². The van der Waals surface area contributed by atoms with Gasteiger partial charge in [0, 0.05) is 40.0 Å². The van der Waals surface area contributed by atoms with Crippen molar-refractivity contribution in [3.8, 4) is 11.3 Å². The lowest BCUT2D eigenvalue weighted by molar-refractivity contribution is 0.0392. The second kappa shape index (κ2) is 8.04. The third kappa shape index (κ3) is 3.94. The van der Waals surface area contributed by atoms with Crippen LogP contribution in [0.3, 0.4) is 0 Å². The monoisotopic (exact) mass is 464 g/mol. The van der Waals surface area contributed by atoms with E-state index in [2.05, 4.69) is 21.2 Å². The molecule has 0 bridgehead atoms. The van der Waals surface area contributed by atoms with E-state index >= 15 is 0 Å². The molecule has 0 spiro atoms. The van der Waals surface area contributed by atoms with Gasteiger partial charge in [-0.2, -0.15) is 10.1 Å². The van der Waals surface area contributed by atoms with E-state index in [1.165, 1.54) is 18.9 Å². The Morgan fingerprint density at radius 1 is 1.12 bits per heavy atom. The zero-order valence-electron chi connectivity index (χ0n) is 18.1. The van der Waals surface area contributed by atoms with Gasteiger partial charge in [-0.25, -0.2) is 14.4 Å². The number of halogens is 2. The Balaban J connectivity index is 1.39. The number of morpholine rings is 1. The van der Waals surface area contributed by atoms with Crippen LogP contribution < -0.4 is 4.90 Å². The Morgan fingerprint density at radius 2 is 2.00 bits per heavy atom. The molecule has 6 rings (SSSR count). The maximum absolute atomic E-state index is 14.9. The Kier molecular flexibility index (Phi) is 4.99. The molecule has 1 aliphatic carbocycles. The van der Waals surface area contributed by atoms with Crippen LogP contribution in [0.2, 0.25) is 5.02 Å². The molecule has 0 amide bonds. The highest BCUT2D eigenvalue weighted by Gasteiger charge is 2.29. The number of ether oxygens (including phenoxy) is 1. The molecule has 7 nitrogen and oxygen atoms in total. The second-order valence-corrected chi connectivity index (χ2v) is 9.05. The fourth-order valence-corrected chi connectivity index (χ4v) is 4.37. The molecular formula is C24H22ClFN6O. The summed E-state index contributed by atoms with van der Waals surface area (Å²) in [6, 6.07) is 8.90. The molecule has 1 saturated carbocycles. The summed E-state index contributed by atoms with van der Waals surface area (Å²) in [7, 11) is 0. The predicted octanol–water partition coefficient (Wildman–Crippen LogP) is 4.90. The summed E-state index contributed by atoms with van der Waals surface area (Å²) in [5.74, 6) is 0.0780. The van der Waals surface area contributed by atoms with E-state index in [9.17, 15) is 4.39 Å². The maximum Gasteiger partial charge on any atom is 0.228 e. The quantitative estimate of drug-likeness (QED) is 0.428. The van der Waals surface area contributed by atoms with Gasteiger partial charge in [-0.1, -0.05) is 11.6 Å². The molecule has 168 valence electrons. The summed E-state index contributed by atoms with van der Waals surface area (Å²) in [5, 5.41) is 5.53. The molecule has 2 aliphatic rings. The minimum Gasteiger partial charge on any atom is -0.370 e. The molecule has 4 aromatic rings. The molecule has 33 heavy (non-hydrogen) atoms. The smallest absolute Gasteiger partial charge is 0.228 e. The average Bonchev–Trinajstić information content (AvgIpc) is 3.54. The first-order valence-electron chi connectivity index (χ1n) is 11.1. The number of aromatic nitrogens is 5. The number of anilines is 1. The number of fused-ring (bicyclic) bond motifs is 1. The number of rotatable bonds is 4. The minimum atomic E-state index is -0.429. The summed E-state index contributed by atoms with van der Waals surface area (Å²) >= 11 is 5.98. The van der Waals surface area contributed by atoms with Crippen LogP contribution >= 0.6 is 11.6 Å². The van der Waals surface area contributed by atoms with E-state index in [0.29, 0.717) is 59.0 Å². The normalized spacial score (nSPS) is 18.8. The van der Waals surface area contributed by atoms with Gasteiger partial charge in [-0.3, -0.25) is 4.68 Å². The fourth-order valence-electron chi connectivity index (χ4n) is 4.21. The van der Waals surface area contributed by atoms with E-state index in [1.54, 1.807) is 12.1 Å². The number of hydrogen-bond acceptors (Lipinski definition) is 6. The van der Waals surface area contributed by atoms with Crippen LogP contribution in [-0.4, -0.2) is 44.4 Å². The lowest BCUT2D eigenvalue weighted by atomic mass is 10.1. The van der Waals surface area contributed by atoms with Crippen molar-refractivity contribution in [2.24, 2.45) is 0 Å². The molecule has 0 N–H and O–H groups in total. The predicted molar refractivity (Wildman–Crippen MR) is 124 cm³/mol. The van der Waals surface area contributed by atoms with Crippen molar-refractivity contribution in [2.75, 3.05) is 24.6 Å². The Hall–Kier alpha value is -3.10.